The van der Waals surface area contributed by atoms with Crippen molar-refractivity contribution in [3.63, 3.8) is 0 Å². The Labute approximate surface area is 103 Å². The van der Waals surface area contributed by atoms with Gasteiger partial charge in [0.15, 0.2) is 5.03 Å². The second-order valence-electron chi connectivity index (χ2n) is 3.85. The van der Waals surface area contributed by atoms with Crippen LogP contribution in [0.3, 0.4) is 0 Å². The molecule has 1 atom stereocenters. The SMILES string of the molecule is CC(C)C(C)Sc1nc(NN)ncc1[N+](=O)[O-]. The van der Waals surface area contributed by atoms with E-state index in [0.29, 0.717) is 10.9 Å². The minimum Gasteiger partial charge on any atom is -0.292 e. The van der Waals surface area contributed by atoms with Gasteiger partial charge in [0.25, 0.3) is 0 Å². The second-order valence-corrected chi connectivity index (χ2v) is 5.22. The van der Waals surface area contributed by atoms with E-state index in [9.17, 15) is 10.1 Å². The Hall–Kier alpha value is -1.41. The van der Waals surface area contributed by atoms with E-state index in [2.05, 4.69) is 15.4 Å². The van der Waals surface area contributed by atoms with Gasteiger partial charge >= 0.3 is 5.69 Å². The monoisotopic (exact) mass is 257 g/mol. The number of hydrogen-bond donors (Lipinski definition) is 2. The maximum absolute atomic E-state index is 10.8. The fourth-order valence-electron chi connectivity index (χ4n) is 0.953. The molecule has 94 valence electrons. The predicted octanol–water partition coefficient (Wildman–Crippen LogP) is 1.81. The first-order valence-electron chi connectivity index (χ1n) is 5.10. The average molecular weight is 257 g/mol. The van der Waals surface area contributed by atoms with Crippen LogP contribution >= 0.6 is 11.8 Å². The molecular formula is C9H15N5O2S. The summed E-state index contributed by atoms with van der Waals surface area (Å²) >= 11 is 1.35. The maximum Gasteiger partial charge on any atom is 0.319 e. The van der Waals surface area contributed by atoms with Gasteiger partial charge in [-0.2, -0.15) is 4.98 Å². The molecule has 1 aromatic rings. The Morgan fingerprint density at radius 2 is 2.18 bits per heavy atom. The van der Waals surface area contributed by atoms with Gasteiger partial charge in [-0.25, -0.2) is 10.8 Å². The van der Waals surface area contributed by atoms with E-state index in [-0.39, 0.29) is 16.9 Å². The third-order valence-electron chi connectivity index (χ3n) is 2.30. The minimum absolute atomic E-state index is 0.0958. The summed E-state index contributed by atoms with van der Waals surface area (Å²) in [5, 5.41) is 11.4. The highest BCUT2D eigenvalue weighted by atomic mass is 32.2. The number of nitrogens with one attached hydrogen (secondary N) is 1. The standard InChI is InChI=1S/C9H15N5O2S/c1-5(2)6(3)17-8-7(14(15)16)4-11-9(12-8)13-10/h4-6H,10H2,1-3H3,(H,11,12,13). The van der Waals surface area contributed by atoms with Crippen LogP contribution in [0.5, 0.6) is 0 Å². The van der Waals surface area contributed by atoms with Crippen molar-refractivity contribution in [1.29, 1.82) is 0 Å². The normalized spacial score (nSPS) is 12.5. The Kier molecular flexibility index (Phi) is 4.64. The molecule has 0 spiro atoms. The topological polar surface area (TPSA) is 107 Å². The Morgan fingerprint density at radius 1 is 1.53 bits per heavy atom. The van der Waals surface area contributed by atoms with Gasteiger partial charge in [0, 0.05) is 5.25 Å². The summed E-state index contributed by atoms with van der Waals surface area (Å²) in [6, 6.07) is 0. The van der Waals surface area contributed by atoms with Gasteiger partial charge in [0.2, 0.25) is 5.95 Å². The largest absolute Gasteiger partial charge is 0.319 e. The van der Waals surface area contributed by atoms with Crippen LogP contribution < -0.4 is 11.3 Å². The van der Waals surface area contributed by atoms with E-state index in [1.807, 2.05) is 20.8 Å². The van der Waals surface area contributed by atoms with Crippen molar-refractivity contribution in [3.05, 3.63) is 16.3 Å². The lowest BCUT2D eigenvalue weighted by atomic mass is 10.2. The lowest BCUT2D eigenvalue weighted by Gasteiger charge is -2.14. The molecule has 8 heteroatoms. The summed E-state index contributed by atoms with van der Waals surface area (Å²) in [5.41, 5.74) is 2.18. The summed E-state index contributed by atoms with van der Waals surface area (Å²) in [6.45, 7) is 6.09. The van der Waals surface area contributed by atoms with Gasteiger partial charge in [-0.05, 0) is 5.92 Å². The third kappa shape index (κ3) is 3.53. The molecule has 0 amide bonds. The molecular weight excluding hydrogens is 242 g/mol. The molecule has 1 unspecified atom stereocenters. The highest BCUT2D eigenvalue weighted by molar-refractivity contribution is 8.00. The van der Waals surface area contributed by atoms with Gasteiger partial charge in [-0.15, -0.1) is 0 Å². The molecule has 0 saturated heterocycles. The number of anilines is 1. The molecule has 0 aliphatic heterocycles. The molecule has 0 radical (unpaired) electrons. The number of nitrogens with zero attached hydrogens (tertiary/aromatic N) is 3. The van der Waals surface area contributed by atoms with Crippen molar-refractivity contribution >= 4 is 23.4 Å². The van der Waals surface area contributed by atoms with E-state index in [1.54, 1.807) is 0 Å². The Morgan fingerprint density at radius 3 is 2.65 bits per heavy atom. The molecule has 0 aliphatic rings. The van der Waals surface area contributed by atoms with Gasteiger partial charge in [0.05, 0.1) is 4.92 Å². The van der Waals surface area contributed by atoms with E-state index in [1.165, 1.54) is 11.8 Å². The summed E-state index contributed by atoms with van der Waals surface area (Å²) in [4.78, 5) is 18.1. The van der Waals surface area contributed by atoms with Crippen LogP contribution in [-0.2, 0) is 0 Å². The average Bonchev–Trinajstić information content (AvgIpc) is 2.28. The lowest BCUT2D eigenvalue weighted by molar-refractivity contribution is -0.388. The quantitative estimate of drug-likeness (QED) is 0.272. The smallest absolute Gasteiger partial charge is 0.292 e. The summed E-state index contributed by atoms with van der Waals surface area (Å²) in [5.74, 6) is 5.75. The van der Waals surface area contributed by atoms with Crippen molar-refractivity contribution in [3.8, 4) is 0 Å². The number of thioether (sulfide) groups is 1. The highest BCUT2D eigenvalue weighted by Crippen LogP contribution is 2.32. The van der Waals surface area contributed by atoms with Crippen LogP contribution in [0.2, 0.25) is 0 Å². The third-order valence-corrected chi connectivity index (χ3v) is 3.74. The second kappa shape index (κ2) is 5.78. The van der Waals surface area contributed by atoms with Crippen molar-refractivity contribution in [1.82, 2.24) is 9.97 Å². The lowest BCUT2D eigenvalue weighted by Crippen LogP contribution is -2.12. The van der Waals surface area contributed by atoms with Crippen LogP contribution in [0.25, 0.3) is 0 Å². The van der Waals surface area contributed by atoms with E-state index >= 15 is 0 Å². The molecule has 1 heterocycles. The number of hydrogen-bond acceptors (Lipinski definition) is 7. The van der Waals surface area contributed by atoms with Gasteiger partial charge < -0.3 is 0 Å². The van der Waals surface area contributed by atoms with E-state index in [0.717, 1.165) is 6.20 Å². The zero-order chi connectivity index (χ0) is 13.0. The molecule has 0 fully saturated rings. The number of nitro groups is 1. The van der Waals surface area contributed by atoms with E-state index in [4.69, 9.17) is 5.84 Å². The summed E-state index contributed by atoms with van der Waals surface area (Å²) in [6.07, 6.45) is 1.16. The molecule has 0 aliphatic carbocycles. The maximum atomic E-state index is 10.8. The van der Waals surface area contributed by atoms with Crippen LogP contribution in [0, 0.1) is 16.0 Å². The molecule has 1 aromatic heterocycles. The van der Waals surface area contributed by atoms with E-state index < -0.39 is 4.92 Å². The molecule has 3 N–H and O–H groups in total. The van der Waals surface area contributed by atoms with Gasteiger partial charge in [-0.1, -0.05) is 32.5 Å². The Bertz CT molecular complexity index is 412. The van der Waals surface area contributed by atoms with Crippen LogP contribution in [0.1, 0.15) is 20.8 Å². The van der Waals surface area contributed by atoms with Crippen molar-refractivity contribution < 1.29 is 4.92 Å². The van der Waals surface area contributed by atoms with Crippen LogP contribution in [0.15, 0.2) is 11.2 Å². The van der Waals surface area contributed by atoms with Crippen molar-refractivity contribution in [2.75, 3.05) is 5.43 Å². The van der Waals surface area contributed by atoms with Crippen molar-refractivity contribution in [2.24, 2.45) is 11.8 Å². The fourth-order valence-corrected chi connectivity index (χ4v) is 1.96. The minimum atomic E-state index is -0.490. The number of hydrazine groups is 1. The molecule has 7 nitrogen and oxygen atoms in total. The van der Waals surface area contributed by atoms with Crippen molar-refractivity contribution in [2.45, 2.75) is 31.0 Å². The first kappa shape index (κ1) is 13.7. The fraction of sp³-hybridized carbons (Fsp3) is 0.556. The number of nitrogen functional groups attached to an aromatic ring is 1. The molecule has 0 aromatic carbocycles. The summed E-state index contributed by atoms with van der Waals surface area (Å²) < 4.78 is 0. The van der Waals surface area contributed by atoms with Crippen LogP contribution in [-0.4, -0.2) is 20.1 Å². The van der Waals surface area contributed by atoms with Gasteiger partial charge in [0.1, 0.15) is 6.20 Å². The zero-order valence-corrected chi connectivity index (χ0v) is 10.7. The molecule has 0 bridgehead atoms. The first-order valence-corrected chi connectivity index (χ1v) is 5.98. The first-order chi connectivity index (χ1) is 7.95. The number of rotatable bonds is 5. The predicted molar refractivity (Wildman–Crippen MR) is 66.7 cm³/mol. The molecule has 0 saturated carbocycles. The summed E-state index contributed by atoms with van der Waals surface area (Å²) in [7, 11) is 0. The molecule has 17 heavy (non-hydrogen) atoms. The Balaban J connectivity index is 3.05. The zero-order valence-electron chi connectivity index (χ0n) is 9.88. The van der Waals surface area contributed by atoms with Crippen LogP contribution in [0.4, 0.5) is 11.6 Å². The molecule has 1 rings (SSSR count). The highest BCUT2D eigenvalue weighted by Gasteiger charge is 2.21. The number of nitrogens with two attached hydrogens (primary N) is 1. The number of aromatic nitrogens is 2. The van der Waals surface area contributed by atoms with Gasteiger partial charge in [-0.3, -0.25) is 15.5 Å².